The van der Waals surface area contributed by atoms with Gasteiger partial charge >= 0.3 is 5.69 Å². The van der Waals surface area contributed by atoms with Crippen LogP contribution in [0.5, 0.6) is 0 Å². The van der Waals surface area contributed by atoms with E-state index in [1.54, 1.807) is 0 Å². The molecule has 4 rings (SSSR count). The molecule has 7 nitrogen and oxygen atoms in total. The fourth-order valence-corrected chi connectivity index (χ4v) is 4.24. The average molecular weight is 361 g/mol. The lowest BCUT2D eigenvalue weighted by molar-refractivity contribution is 0.0693. The zero-order chi connectivity index (χ0) is 16.5. The Balaban J connectivity index is 1.47. The summed E-state index contributed by atoms with van der Waals surface area (Å²) in [5.41, 5.74) is -0.222. The van der Waals surface area contributed by atoms with Gasteiger partial charge in [0.2, 0.25) is 0 Å². The van der Waals surface area contributed by atoms with E-state index in [9.17, 15) is 9.59 Å². The highest BCUT2D eigenvalue weighted by atomic mass is 32.1. The summed E-state index contributed by atoms with van der Waals surface area (Å²) in [5.74, 6) is 0.0676. The molecule has 0 bridgehead atoms. The topological polar surface area (TPSA) is 73.0 Å². The Labute approximate surface area is 145 Å². The fourth-order valence-electron chi connectivity index (χ4n) is 2.88. The summed E-state index contributed by atoms with van der Waals surface area (Å²) < 4.78 is 2.78. The van der Waals surface area contributed by atoms with Gasteiger partial charge < -0.3 is 4.90 Å². The molecule has 1 fully saturated rings. The molecule has 0 aromatic carbocycles. The van der Waals surface area contributed by atoms with E-state index in [0.29, 0.717) is 25.9 Å². The molecule has 0 spiro atoms. The minimum absolute atomic E-state index is 0.0152. The van der Waals surface area contributed by atoms with Crippen molar-refractivity contribution in [3.05, 3.63) is 50.4 Å². The third-order valence-electron chi connectivity index (χ3n) is 4.15. The molecule has 0 atom stereocenters. The van der Waals surface area contributed by atoms with E-state index in [1.807, 2.05) is 39.9 Å². The Kier molecular flexibility index (Phi) is 4.03. The average Bonchev–Trinajstić information content (AvgIpc) is 3.36. The van der Waals surface area contributed by atoms with E-state index in [-0.39, 0.29) is 17.6 Å². The van der Waals surface area contributed by atoms with Crippen molar-refractivity contribution in [3.63, 3.8) is 0 Å². The molecule has 9 heteroatoms. The summed E-state index contributed by atoms with van der Waals surface area (Å²) in [6.07, 6.45) is 1.42. The van der Waals surface area contributed by atoms with Gasteiger partial charge in [0, 0.05) is 13.1 Å². The number of likely N-dealkylation sites (tertiary alicyclic amines) is 1. The molecular weight excluding hydrogens is 346 g/mol. The lowest BCUT2D eigenvalue weighted by atomic mass is 10.1. The highest BCUT2D eigenvalue weighted by Crippen LogP contribution is 2.23. The largest absolute Gasteiger partial charge is 0.369 e. The first kappa shape index (κ1) is 15.3. The predicted octanol–water partition coefficient (Wildman–Crippen LogP) is 2.03. The number of hydrogen-bond donors (Lipinski definition) is 0. The number of carbonyl (C=O) groups is 1. The van der Waals surface area contributed by atoms with Crippen LogP contribution < -0.4 is 5.69 Å². The fraction of sp³-hybridized carbons (Fsp3) is 0.333. The second-order valence-electron chi connectivity index (χ2n) is 5.57. The molecule has 3 aromatic heterocycles. The van der Waals surface area contributed by atoms with E-state index in [4.69, 9.17) is 0 Å². The van der Waals surface area contributed by atoms with Crippen molar-refractivity contribution in [1.29, 1.82) is 0 Å². The summed E-state index contributed by atoms with van der Waals surface area (Å²) in [4.78, 5) is 27.5. The molecule has 0 saturated carbocycles. The number of hydrogen-bond acceptors (Lipinski definition) is 6. The smallest absolute Gasteiger partial charge is 0.338 e. The van der Waals surface area contributed by atoms with Gasteiger partial charge in [-0.25, -0.2) is 4.79 Å². The quantitative estimate of drug-likeness (QED) is 0.715. The molecule has 0 unspecified atom stereocenters. The Morgan fingerprint density at radius 1 is 1.08 bits per heavy atom. The van der Waals surface area contributed by atoms with Gasteiger partial charge in [-0.15, -0.1) is 22.7 Å². The number of aromatic nitrogens is 4. The standard InChI is InChI=1S/C15H15N5O2S2/c21-14(12-3-1-9-23-12)18-7-5-11(6-8-18)19-15(22)20(17-16-19)13-4-2-10-24-13/h1-4,9-11H,5-8H2. The molecule has 1 aliphatic rings. The van der Waals surface area contributed by atoms with Gasteiger partial charge in [0.1, 0.15) is 5.00 Å². The van der Waals surface area contributed by atoms with Crippen LogP contribution in [0.15, 0.2) is 39.8 Å². The van der Waals surface area contributed by atoms with Crippen molar-refractivity contribution in [2.75, 3.05) is 13.1 Å². The summed E-state index contributed by atoms with van der Waals surface area (Å²) >= 11 is 2.90. The molecule has 1 amide bonds. The molecule has 124 valence electrons. The van der Waals surface area contributed by atoms with Crippen LogP contribution in [0.2, 0.25) is 0 Å². The third-order valence-corrected chi connectivity index (χ3v) is 5.85. The lowest BCUT2D eigenvalue weighted by Crippen LogP contribution is -2.41. The number of tetrazole rings is 1. The third kappa shape index (κ3) is 2.69. The maximum absolute atomic E-state index is 12.5. The van der Waals surface area contributed by atoms with Crippen LogP contribution in [0.1, 0.15) is 28.6 Å². The molecule has 0 N–H and O–H groups in total. The maximum atomic E-state index is 12.5. The molecule has 0 aliphatic carbocycles. The Morgan fingerprint density at radius 3 is 2.50 bits per heavy atom. The summed E-state index contributed by atoms with van der Waals surface area (Å²) in [6, 6.07) is 7.43. The van der Waals surface area contributed by atoms with Gasteiger partial charge in [-0.3, -0.25) is 4.79 Å². The van der Waals surface area contributed by atoms with E-state index >= 15 is 0 Å². The molecule has 1 aliphatic heterocycles. The first-order valence-corrected chi connectivity index (χ1v) is 9.41. The zero-order valence-corrected chi connectivity index (χ0v) is 14.4. The highest BCUT2D eigenvalue weighted by molar-refractivity contribution is 7.12. The van der Waals surface area contributed by atoms with Crippen LogP contribution in [0.4, 0.5) is 0 Å². The van der Waals surface area contributed by atoms with Crippen molar-refractivity contribution in [2.45, 2.75) is 18.9 Å². The number of carbonyl (C=O) groups excluding carboxylic acids is 1. The number of rotatable bonds is 3. The van der Waals surface area contributed by atoms with Crippen molar-refractivity contribution < 1.29 is 4.79 Å². The predicted molar refractivity (Wildman–Crippen MR) is 92.0 cm³/mol. The summed E-state index contributed by atoms with van der Waals surface area (Å²) in [7, 11) is 0. The van der Waals surface area contributed by atoms with E-state index in [1.165, 1.54) is 32.0 Å². The molecule has 4 heterocycles. The van der Waals surface area contributed by atoms with Crippen LogP contribution in [0.25, 0.3) is 5.00 Å². The van der Waals surface area contributed by atoms with Crippen molar-refractivity contribution >= 4 is 28.6 Å². The van der Waals surface area contributed by atoms with E-state index in [0.717, 1.165) is 9.88 Å². The minimum Gasteiger partial charge on any atom is -0.338 e. The van der Waals surface area contributed by atoms with Crippen LogP contribution in [-0.2, 0) is 0 Å². The molecule has 0 radical (unpaired) electrons. The number of nitrogens with zero attached hydrogens (tertiary/aromatic N) is 5. The SMILES string of the molecule is O=C(c1cccs1)N1CCC(n2nnn(-c3cccs3)c2=O)CC1. The maximum Gasteiger partial charge on any atom is 0.369 e. The second kappa shape index (κ2) is 6.33. The number of piperidine rings is 1. The summed E-state index contributed by atoms with van der Waals surface area (Å²) in [5, 5.41) is 12.6. The van der Waals surface area contributed by atoms with Gasteiger partial charge in [0.25, 0.3) is 5.91 Å². The number of thiophene rings is 2. The monoisotopic (exact) mass is 361 g/mol. The Hall–Kier alpha value is -2.26. The second-order valence-corrected chi connectivity index (χ2v) is 7.44. The molecule has 1 saturated heterocycles. The van der Waals surface area contributed by atoms with Gasteiger partial charge in [-0.1, -0.05) is 6.07 Å². The van der Waals surface area contributed by atoms with Crippen LogP contribution in [0, 0.1) is 0 Å². The molecular formula is C15H15N5O2S2. The molecule has 24 heavy (non-hydrogen) atoms. The summed E-state index contributed by atoms with van der Waals surface area (Å²) in [6.45, 7) is 1.25. The Morgan fingerprint density at radius 2 is 1.83 bits per heavy atom. The Bertz CT molecular complexity index is 874. The van der Waals surface area contributed by atoms with E-state index < -0.39 is 0 Å². The van der Waals surface area contributed by atoms with Gasteiger partial charge in [0.05, 0.1) is 10.9 Å². The van der Waals surface area contributed by atoms with Gasteiger partial charge in [-0.2, -0.15) is 9.36 Å². The van der Waals surface area contributed by atoms with Crippen LogP contribution in [0.3, 0.4) is 0 Å². The molecule has 3 aromatic rings. The van der Waals surface area contributed by atoms with Gasteiger partial charge in [-0.05, 0) is 52.2 Å². The van der Waals surface area contributed by atoms with E-state index in [2.05, 4.69) is 10.4 Å². The van der Waals surface area contributed by atoms with Gasteiger partial charge in [0.15, 0.2) is 0 Å². The van der Waals surface area contributed by atoms with Crippen LogP contribution >= 0.6 is 22.7 Å². The highest BCUT2D eigenvalue weighted by Gasteiger charge is 2.27. The van der Waals surface area contributed by atoms with Crippen molar-refractivity contribution in [3.8, 4) is 5.00 Å². The lowest BCUT2D eigenvalue weighted by Gasteiger charge is -2.31. The first-order valence-electron chi connectivity index (χ1n) is 7.65. The van der Waals surface area contributed by atoms with Crippen molar-refractivity contribution in [2.24, 2.45) is 0 Å². The number of amides is 1. The first-order chi connectivity index (χ1) is 11.7. The normalized spacial score (nSPS) is 15.8. The van der Waals surface area contributed by atoms with Crippen LogP contribution in [-0.4, -0.2) is 43.7 Å². The minimum atomic E-state index is -0.222. The zero-order valence-electron chi connectivity index (χ0n) is 12.7. The van der Waals surface area contributed by atoms with Crippen molar-refractivity contribution in [1.82, 2.24) is 24.7 Å².